The van der Waals surface area contributed by atoms with Gasteiger partial charge < -0.3 is 19.9 Å². The number of carbonyl (C=O) groups is 4. The molecule has 1 heterocycles. The van der Waals surface area contributed by atoms with Gasteiger partial charge in [-0.1, -0.05) is 68.4 Å². The van der Waals surface area contributed by atoms with Crippen LogP contribution in [0, 0.1) is 5.92 Å². The molecule has 3 aromatic rings. The smallest absolute Gasteiger partial charge is 0.410 e. The van der Waals surface area contributed by atoms with Crippen LogP contribution in [-0.2, 0) is 25.7 Å². The van der Waals surface area contributed by atoms with Crippen molar-refractivity contribution in [1.29, 1.82) is 0 Å². The summed E-state index contributed by atoms with van der Waals surface area (Å²) in [6.45, 7) is 11.0. The summed E-state index contributed by atoms with van der Waals surface area (Å²) >= 11 is 0. The highest BCUT2D eigenvalue weighted by Crippen LogP contribution is 2.35. The van der Waals surface area contributed by atoms with Crippen LogP contribution in [0.2, 0.25) is 0 Å². The van der Waals surface area contributed by atoms with E-state index in [1.54, 1.807) is 37.5 Å². The minimum atomic E-state index is -1.06. The van der Waals surface area contributed by atoms with Crippen LogP contribution in [0.25, 0.3) is 10.8 Å². The lowest BCUT2D eigenvalue weighted by molar-refractivity contribution is -0.130. The van der Waals surface area contributed by atoms with Gasteiger partial charge in [0.1, 0.15) is 17.7 Å². The second-order valence-corrected chi connectivity index (χ2v) is 12.5. The third-order valence-corrected chi connectivity index (χ3v) is 7.44. The van der Waals surface area contributed by atoms with E-state index in [-0.39, 0.29) is 37.2 Å². The maximum Gasteiger partial charge on any atom is 0.410 e. The van der Waals surface area contributed by atoms with E-state index >= 15 is 0 Å². The normalized spacial score (nSPS) is 16.0. The first kappa shape index (κ1) is 31.5. The summed E-state index contributed by atoms with van der Waals surface area (Å²) in [5.74, 6) is -0.916. The Morgan fingerprint density at radius 3 is 2.26 bits per heavy atom. The second-order valence-electron chi connectivity index (χ2n) is 12.5. The molecule has 1 aliphatic heterocycles. The molecule has 0 spiro atoms. The van der Waals surface area contributed by atoms with Crippen molar-refractivity contribution in [3.8, 4) is 0 Å². The fourth-order valence-corrected chi connectivity index (χ4v) is 5.11. The average Bonchev–Trinajstić information content (AvgIpc) is 3.06. The van der Waals surface area contributed by atoms with Crippen LogP contribution in [0.15, 0.2) is 66.7 Å². The third-order valence-electron chi connectivity index (χ3n) is 7.44. The van der Waals surface area contributed by atoms with Gasteiger partial charge in [-0.05, 0) is 62.1 Å². The number of fused-ring (bicyclic) bond motifs is 2. The van der Waals surface area contributed by atoms with Gasteiger partial charge in [0.05, 0.1) is 24.5 Å². The van der Waals surface area contributed by atoms with E-state index in [0.29, 0.717) is 11.4 Å². The van der Waals surface area contributed by atoms with E-state index in [9.17, 15) is 19.2 Å². The SMILES string of the molecule is CC(C)CC(=O)N1C[C@H](NC(=O)C(C)N(C)C(=O)OC(C)(C)C)C(=O)N(Cc2cccc3ccccc23)c2ccccc21. The lowest BCUT2D eigenvalue weighted by Crippen LogP contribution is -2.57. The topological polar surface area (TPSA) is 99.3 Å². The number of nitrogens with one attached hydrogen (secondary N) is 1. The Hall–Kier alpha value is -4.40. The number of hydrogen-bond acceptors (Lipinski definition) is 5. The molecule has 0 radical (unpaired) electrons. The van der Waals surface area contributed by atoms with Crippen molar-refractivity contribution in [2.24, 2.45) is 5.92 Å². The van der Waals surface area contributed by atoms with Gasteiger partial charge in [0.15, 0.2) is 0 Å². The maximum atomic E-state index is 14.4. The molecule has 0 fully saturated rings. The molecule has 4 amide bonds. The Kier molecular flexibility index (Phi) is 9.43. The molecule has 43 heavy (non-hydrogen) atoms. The van der Waals surface area contributed by atoms with Crippen LogP contribution in [0.3, 0.4) is 0 Å². The largest absolute Gasteiger partial charge is 0.444 e. The fourth-order valence-electron chi connectivity index (χ4n) is 5.11. The van der Waals surface area contributed by atoms with Crippen LogP contribution >= 0.6 is 0 Å². The highest BCUT2D eigenvalue weighted by Gasteiger charge is 2.38. The monoisotopic (exact) mass is 586 g/mol. The number of benzene rings is 3. The highest BCUT2D eigenvalue weighted by atomic mass is 16.6. The summed E-state index contributed by atoms with van der Waals surface area (Å²) in [7, 11) is 1.48. The minimum absolute atomic E-state index is 0.0396. The first-order valence-corrected chi connectivity index (χ1v) is 14.7. The number of likely N-dealkylation sites (N-methyl/N-ethyl adjacent to an activating group) is 1. The van der Waals surface area contributed by atoms with E-state index in [2.05, 4.69) is 5.32 Å². The van der Waals surface area contributed by atoms with E-state index in [0.717, 1.165) is 16.3 Å². The minimum Gasteiger partial charge on any atom is -0.444 e. The van der Waals surface area contributed by atoms with Gasteiger partial charge in [0, 0.05) is 13.5 Å². The van der Waals surface area contributed by atoms with Crippen LogP contribution in [0.1, 0.15) is 53.5 Å². The highest BCUT2D eigenvalue weighted by molar-refractivity contribution is 6.08. The lowest BCUT2D eigenvalue weighted by atomic mass is 10.0. The quantitative estimate of drug-likeness (QED) is 0.394. The number of para-hydroxylation sites is 2. The number of ether oxygens (including phenoxy) is 1. The molecule has 3 aromatic carbocycles. The molecular weight excluding hydrogens is 544 g/mol. The van der Waals surface area contributed by atoms with Gasteiger partial charge >= 0.3 is 6.09 Å². The van der Waals surface area contributed by atoms with Crippen molar-refractivity contribution in [1.82, 2.24) is 10.2 Å². The summed E-state index contributed by atoms with van der Waals surface area (Å²) in [6.07, 6.45) is -0.370. The van der Waals surface area contributed by atoms with Gasteiger partial charge in [-0.2, -0.15) is 0 Å². The molecule has 2 atom stereocenters. The molecule has 1 aliphatic rings. The zero-order chi connectivity index (χ0) is 31.5. The number of amides is 4. The molecule has 4 rings (SSSR count). The second kappa shape index (κ2) is 12.9. The van der Waals surface area contributed by atoms with Gasteiger partial charge in [0.2, 0.25) is 11.8 Å². The number of hydrogen-bond donors (Lipinski definition) is 1. The predicted molar refractivity (Wildman–Crippen MR) is 169 cm³/mol. The Balaban J connectivity index is 1.72. The van der Waals surface area contributed by atoms with Crippen LogP contribution in [-0.4, -0.2) is 60.0 Å². The summed E-state index contributed by atoms with van der Waals surface area (Å²) < 4.78 is 5.43. The van der Waals surface area contributed by atoms with Crippen molar-refractivity contribution in [2.75, 3.05) is 23.4 Å². The van der Waals surface area contributed by atoms with E-state index in [4.69, 9.17) is 4.74 Å². The zero-order valence-electron chi connectivity index (χ0n) is 26.1. The van der Waals surface area contributed by atoms with E-state index in [1.807, 2.05) is 80.6 Å². The van der Waals surface area contributed by atoms with Crippen molar-refractivity contribution in [2.45, 2.75) is 72.2 Å². The van der Waals surface area contributed by atoms with Crippen LogP contribution in [0.4, 0.5) is 16.2 Å². The molecule has 9 nitrogen and oxygen atoms in total. The Bertz CT molecular complexity index is 1510. The molecule has 1 unspecified atom stereocenters. The van der Waals surface area contributed by atoms with Crippen molar-refractivity contribution >= 4 is 46.0 Å². The van der Waals surface area contributed by atoms with E-state index < -0.39 is 29.7 Å². The molecule has 1 N–H and O–H groups in total. The number of rotatable bonds is 7. The summed E-state index contributed by atoms with van der Waals surface area (Å²) in [4.78, 5) is 58.6. The fraction of sp³-hybridized carbons (Fsp3) is 0.412. The van der Waals surface area contributed by atoms with Gasteiger partial charge in [-0.3, -0.25) is 19.3 Å². The van der Waals surface area contributed by atoms with Crippen LogP contribution in [0.5, 0.6) is 0 Å². The number of carbonyl (C=O) groups excluding carboxylic acids is 4. The summed E-state index contributed by atoms with van der Waals surface area (Å²) in [6, 6.07) is 19.3. The van der Waals surface area contributed by atoms with Crippen LogP contribution < -0.4 is 15.1 Å². The number of nitrogens with zero attached hydrogens (tertiary/aromatic N) is 3. The molecule has 0 aromatic heterocycles. The molecule has 0 saturated carbocycles. The Labute approximate surface area is 253 Å². The Morgan fingerprint density at radius 1 is 0.953 bits per heavy atom. The molecule has 9 heteroatoms. The molecule has 0 saturated heterocycles. The van der Waals surface area contributed by atoms with Crippen molar-refractivity contribution in [3.05, 3.63) is 72.3 Å². The third kappa shape index (κ3) is 7.34. The first-order chi connectivity index (χ1) is 20.3. The van der Waals surface area contributed by atoms with Gasteiger partial charge in [0.25, 0.3) is 5.91 Å². The standard InChI is InChI=1S/C34H42N4O5/c1-22(2)19-30(39)37-21-27(35-31(40)23(3)36(7)33(42)43-34(4,5)6)32(41)38(29-18-11-10-17-28(29)37)20-25-15-12-14-24-13-8-9-16-26(24)25/h8-18,22-23,27H,19-21H2,1-7H3,(H,35,40)/t23?,27-/m0/s1. The lowest BCUT2D eigenvalue weighted by Gasteiger charge is -2.30. The molecular formula is C34H42N4O5. The molecule has 0 aliphatic carbocycles. The molecule has 228 valence electrons. The van der Waals surface area contributed by atoms with E-state index in [1.165, 1.54) is 11.9 Å². The Morgan fingerprint density at radius 2 is 1.58 bits per heavy atom. The number of anilines is 2. The van der Waals surface area contributed by atoms with Crippen molar-refractivity contribution < 1.29 is 23.9 Å². The van der Waals surface area contributed by atoms with Crippen molar-refractivity contribution in [3.63, 3.8) is 0 Å². The maximum absolute atomic E-state index is 14.4. The summed E-state index contributed by atoms with van der Waals surface area (Å²) in [5.41, 5.74) is 1.40. The average molecular weight is 587 g/mol. The predicted octanol–water partition coefficient (Wildman–Crippen LogP) is 5.51. The van der Waals surface area contributed by atoms with Gasteiger partial charge in [-0.15, -0.1) is 0 Å². The molecule has 0 bridgehead atoms. The summed E-state index contributed by atoms with van der Waals surface area (Å²) in [5, 5.41) is 4.92. The first-order valence-electron chi connectivity index (χ1n) is 14.7. The zero-order valence-corrected chi connectivity index (χ0v) is 26.1. The van der Waals surface area contributed by atoms with Gasteiger partial charge in [-0.25, -0.2) is 4.79 Å².